The van der Waals surface area contributed by atoms with Crippen LogP contribution in [0.3, 0.4) is 0 Å². The summed E-state index contributed by atoms with van der Waals surface area (Å²) in [4.78, 5) is 14.5. The van der Waals surface area contributed by atoms with Crippen LogP contribution < -0.4 is 5.32 Å². The van der Waals surface area contributed by atoms with Gasteiger partial charge >= 0.3 is 6.18 Å². The molecule has 3 fully saturated rings. The molecule has 26 heavy (non-hydrogen) atoms. The minimum atomic E-state index is -4.40. The molecular weight excluding hydrogens is 345 g/mol. The summed E-state index contributed by atoms with van der Waals surface area (Å²) in [6.45, 7) is 1.79. The number of hydrogen-bond acceptors (Lipinski definition) is 3. The van der Waals surface area contributed by atoms with Crippen LogP contribution in [-0.4, -0.2) is 46.3 Å². The van der Waals surface area contributed by atoms with E-state index in [0.717, 1.165) is 6.07 Å². The standard InChI is InChI=1S/C18H25F3N4O/c19-18(20,21)15-7-10-25(23-15)14-5-8-24(9-6-14)11-16(26)22-17(12-1-2-12)13-3-4-13/h7,10,12-14,17H,1-6,8-9,11H2,(H,22,26). The van der Waals surface area contributed by atoms with Crippen LogP contribution in [0.25, 0.3) is 0 Å². The first-order chi connectivity index (χ1) is 12.4. The summed E-state index contributed by atoms with van der Waals surface area (Å²) >= 11 is 0. The molecule has 3 aliphatic rings. The summed E-state index contributed by atoms with van der Waals surface area (Å²) in [7, 11) is 0. The Balaban J connectivity index is 1.24. The van der Waals surface area contributed by atoms with Crippen LogP contribution in [0.5, 0.6) is 0 Å². The minimum Gasteiger partial charge on any atom is -0.352 e. The van der Waals surface area contributed by atoms with Crippen LogP contribution in [0, 0.1) is 11.8 Å². The largest absolute Gasteiger partial charge is 0.435 e. The van der Waals surface area contributed by atoms with E-state index in [4.69, 9.17) is 0 Å². The van der Waals surface area contributed by atoms with Gasteiger partial charge < -0.3 is 5.32 Å². The van der Waals surface area contributed by atoms with Gasteiger partial charge in [0.15, 0.2) is 5.69 Å². The summed E-state index contributed by atoms with van der Waals surface area (Å²) in [5.41, 5.74) is -0.842. The first-order valence-corrected chi connectivity index (χ1v) is 9.54. The van der Waals surface area contributed by atoms with Gasteiger partial charge in [-0.25, -0.2) is 0 Å². The van der Waals surface area contributed by atoms with Crippen LogP contribution >= 0.6 is 0 Å². The van der Waals surface area contributed by atoms with Gasteiger partial charge in [-0.2, -0.15) is 18.3 Å². The van der Waals surface area contributed by atoms with Gasteiger partial charge in [0.25, 0.3) is 0 Å². The zero-order chi connectivity index (χ0) is 18.3. The fraction of sp³-hybridized carbons (Fsp3) is 0.778. The highest BCUT2D eigenvalue weighted by atomic mass is 19.4. The quantitative estimate of drug-likeness (QED) is 0.838. The number of carbonyl (C=O) groups is 1. The molecule has 0 unspecified atom stereocenters. The van der Waals surface area contributed by atoms with Crippen molar-refractivity contribution in [3.05, 3.63) is 18.0 Å². The number of carbonyl (C=O) groups excluding carboxylic acids is 1. The zero-order valence-electron chi connectivity index (χ0n) is 14.7. The average molecular weight is 370 g/mol. The van der Waals surface area contributed by atoms with E-state index >= 15 is 0 Å². The summed E-state index contributed by atoms with van der Waals surface area (Å²) in [5, 5.41) is 6.90. The van der Waals surface area contributed by atoms with E-state index in [2.05, 4.69) is 15.3 Å². The van der Waals surface area contributed by atoms with Gasteiger partial charge in [0.05, 0.1) is 12.6 Å². The summed E-state index contributed by atoms with van der Waals surface area (Å²) < 4.78 is 39.4. The number of nitrogens with zero attached hydrogens (tertiary/aromatic N) is 3. The van der Waals surface area contributed by atoms with Gasteiger partial charge in [0.1, 0.15) is 0 Å². The fourth-order valence-corrected chi connectivity index (χ4v) is 4.00. The lowest BCUT2D eigenvalue weighted by Crippen LogP contribution is -2.46. The summed E-state index contributed by atoms with van der Waals surface area (Å²) in [5.74, 6) is 1.45. The normalized spacial score (nSPS) is 22.8. The molecule has 0 aromatic carbocycles. The van der Waals surface area contributed by atoms with E-state index in [1.54, 1.807) is 0 Å². The number of halogens is 3. The predicted octanol–water partition coefficient (Wildman–Crippen LogP) is 2.84. The van der Waals surface area contributed by atoms with E-state index in [1.807, 2.05) is 0 Å². The van der Waals surface area contributed by atoms with Crippen molar-refractivity contribution >= 4 is 5.91 Å². The maximum Gasteiger partial charge on any atom is 0.435 e. The Morgan fingerprint density at radius 3 is 2.27 bits per heavy atom. The Morgan fingerprint density at radius 2 is 1.77 bits per heavy atom. The Morgan fingerprint density at radius 1 is 1.15 bits per heavy atom. The molecule has 0 spiro atoms. The molecule has 1 N–H and O–H groups in total. The number of aromatic nitrogens is 2. The molecule has 1 aliphatic heterocycles. The third kappa shape index (κ3) is 4.22. The van der Waals surface area contributed by atoms with E-state index in [-0.39, 0.29) is 11.9 Å². The van der Waals surface area contributed by atoms with Crippen molar-refractivity contribution in [1.29, 1.82) is 0 Å². The zero-order valence-corrected chi connectivity index (χ0v) is 14.7. The highest BCUT2D eigenvalue weighted by molar-refractivity contribution is 5.78. The van der Waals surface area contributed by atoms with Crippen molar-refractivity contribution in [3.63, 3.8) is 0 Å². The number of hydrogen-bond donors (Lipinski definition) is 1. The molecule has 0 atom stereocenters. The number of nitrogens with one attached hydrogen (secondary N) is 1. The molecule has 2 saturated carbocycles. The number of rotatable bonds is 6. The monoisotopic (exact) mass is 370 g/mol. The van der Waals surface area contributed by atoms with Crippen molar-refractivity contribution in [2.24, 2.45) is 11.8 Å². The maximum atomic E-state index is 12.7. The van der Waals surface area contributed by atoms with Crippen LogP contribution in [0.1, 0.15) is 50.3 Å². The summed E-state index contributed by atoms with van der Waals surface area (Å²) in [6.07, 6.45) is 3.36. The van der Waals surface area contributed by atoms with Gasteiger partial charge in [0, 0.05) is 25.3 Å². The third-order valence-corrected chi connectivity index (χ3v) is 5.78. The van der Waals surface area contributed by atoms with E-state index in [0.29, 0.717) is 50.4 Å². The molecule has 4 rings (SSSR count). The lowest BCUT2D eigenvalue weighted by Gasteiger charge is -2.32. The smallest absolute Gasteiger partial charge is 0.352 e. The predicted molar refractivity (Wildman–Crippen MR) is 89.3 cm³/mol. The van der Waals surface area contributed by atoms with Crippen molar-refractivity contribution in [3.8, 4) is 0 Å². The Labute approximate surface area is 150 Å². The first-order valence-electron chi connectivity index (χ1n) is 9.54. The third-order valence-electron chi connectivity index (χ3n) is 5.78. The van der Waals surface area contributed by atoms with Gasteiger partial charge in [-0.3, -0.25) is 14.4 Å². The first kappa shape index (κ1) is 17.8. The second kappa shape index (κ2) is 6.87. The van der Waals surface area contributed by atoms with Crippen LogP contribution in [0.15, 0.2) is 12.3 Å². The van der Waals surface area contributed by atoms with E-state index < -0.39 is 11.9 Å². The molecule has 1 amide bonds. The number of piperidine rings is 1. The topological polar surface area (TPSA) is 50.2 Å². The Hall–Kier alpha value is -1.57. The molecule has 1 aromatic rings. The highest BCUT2D eigenvalue weighted by Crippen LogP contribution is 2.44. The molecule has 2 aliphatic carbocycles. The molecular formula is C18H25F3N4O. The number of amides is 1. The molecule has 1 aromatic heterocycles. The molecule has 2 heterocycles. The van der Waals surface area contributed by atoms with E-state index in [1.165, 1.54) is 36.6 Å². The van der Waals surface area contributed by atoms with Crippen LogP contribution in [0.4, 0.5) is 13.2 Å². The second-order valence-corrected chi connectivity index (χ2v) is 7.95. The van der Waals surface area contributed by atoms with Crippen molar-refractivity contribution in [2.75, 3.05) is 19.6 Å². The van der Waals surface area contributed by atoms with Crippen LogP contribution in [-0.2, 0) is 11.0 Å². The van der Waals surface area contributed by atoms with E-state index in [9.17, 15) is 18.0 Å². The number of alkyl halides is 3. The SMILES string of the molecule is O=C(CN1CCC(n2ccc(C(F)(F)F)n2)CC1)NC(C1CC1)C1CC1. The summed E-state index contributed by atoms with van der Waals surface area (Å²) in [6, 6.07) is 1.36. The minimum absolute atomic E-state index is 0.0314. The average Bonchev–Trinajstić information content (AvgIpc) is 3.51. The fourth-order valence-electron chi connectivity index (χ4n) is 4.00. The van der Waals surface area contributed by atoms with Crippen molar-refractivity contribution in [2.45, 2.75) is 56.8 Å². The molecule has 5 nitrogen and oxygen atoms in total. The van der Waals surface area contributed by atoms with Gasteiger partial charge in [-0.05, 0) is 56.4 Å². The Kier molecular flexibility index (Phi) is 4.71. The molecule has 0 radical (unpaired) electrons. The number of likely N-dealkylation sites (tertiary alicyclic amines) is 1. The lowest BCUT2D eigenvalue weighted by molar-refractivity contribution is -0.141. The molecule has 0 bridgehead atoms. The molecule has 144 valence electrons. The van der Waals surface area contributed by atoms with Gasteiger partial charge in [-0.1, -0.05) is 0 Å². The highest BCUT2D eigenvalue weighted by Gasteiger charge is 2.42. The van der Waals surface area contributed by atoms with Crippen molar-refractivity contribution in [1.82, 2.24) is 20.0 Å². The molecule has 8 heteroatoms. The lowest BCUT2D eigenvalue weighted by atomic mass is 10.0. The Bertz CT molecular complexity index is 631. The second-order valence-electron chi connectivity index (χ2n) is 7.95. The van der Waals surface area contributed by atoms with Gasteiger partial charge in [0.2, 0.25) is 5.91 Å². The maximum absolute atomic E-state index is 12.7. The van der Waals surface area contributed by atoms with Crippen LogP contribution in [0.2, 0.25) is 0 Å². The van der Waals surface area contributed by atoms with Gasteiger partial charge in [-0.15, -0.1) is 0 Å². The van der Waals surface area contributed by atoms with Crippen molar-refractivity contribution < 1.29 is 18.0 Å². The molecule has 1 saturated heterocycles.